The van der Waals surface area contributed by atoms with Gasteiger partial charge in [0.05, 0.1) is 22.1 Å². The van der Waals surface area contributed by atoms with Gasteiger partial charge in [0.15, 0.2) is 0 Å². The molecule has 0 unspecified atom stereocenters. The van der Waals surface area contributed by atoms with Gasteiger partial charge in [-0.15, -0.1) is 0 Å². The van der Waals surface area contributed by atoms with Crippen LogP contribution >= 0.6 is 39.1 Å². The van der Waals surface area contributed by atoms with Crippen LogP contribution in [0.3, 0.4) is 0 Å². The number of aliphatic imine (C=N–C) groups is 1. The number of benzene rings is 2. The third kappa shape index (κ3) is 5.53. The zero-order chi connectivity index (χ0) is 18.6. The van der Waals surface area contributed by atoms with Crippen molar-refractivity contribution in [1.82, 2.24) is 4.90 Å². The van der Waals surface area contributed by atoms with Crippen molar-refractivity contribution >= 4 is 62.5 Å². The molecule has 0 aliphatic heterocycles. The molecule has 7 heteroatoms. The Morgan fingerprint density at radius 1 is 1.08 bits per heavy atom. The van der Waals surface area contributed by atoms with Crippen LogP contribution in [0.1, 0.15) is 5.56 Å². The third-order valence-corrected chi connectivity index (χ3v) is 4.64. The van der Waals surface area contributed by atoms with Crippen LogP contribution in [0, 0.1) is 0 Å². The van der Waals surface area contributed by atoms with E-state index in [2.05, 4.69) is 49.3 Å². The lowest BCUT2D eigenvalue weighted by atomic mass is 10.2. The monoisotopic (exact) mass is 442 g/mol. The SMILES string of the molecule is CN(C)/C=N\c1c(Cl)cc(NCc2ccc(N(C)C)c(Br)c2)cc1Cl. The summed E-state index contributed by atoms with van der Waals surface area (Å²) < 4.78 is 1.06. The van der Waals surface area contributed by atoms with Gasteiger partial charge in [0.25, 0.3) is 0 Å². The first kappa shape index (κ1) is 19.9. The topological polar surface area (TPSA) is 30.9 Å². The molecule has 0 atom stereocenters. The lowest BCUT2D eigenvalue weighted by molar-refractivity contribution is 0.643. The minimum absolute atomic E-state index is 0.511. The minimum atomic E-state index is 0.511. The van der Waals surface area contributed by atoms with Crippen molar-refractivity contribution in [2.75, 3.05) is 38.4 Å². The molecule has 0 spiro atoms. The Hall–Kier alpha value is -1.43. The predicted molar refractivity (Wildman–Crippen MR) is 114 cm³/mol. The van der Waals surface area contributed by atoms with Crippen LogP contribution in [0.5, 0.6) is 0 Å². The Bertz CT molecular complexity index is 753. The quantitative estimate of drug-likeness (QED) is 0.461. The Kier molecular flexibility index (Phi) is 6.99. The maximum Gasteiger partial charge on any atom is 0.102 e. The molecule has 2 aromatic rings. The Labute approximate surface area is 167 Å². The second kappa shape index (κ2) is 8.79. The summed E-state index contributed by atoms with van der Waals surface area (Å²) in [7, 11) is 7.81. The molecule has 0 aromatic heterocycles. The number of hydrogen-bond donors (Lipinski definition) is 1. The molecule has 0 amide bonds. The molecule has 25 heavy (non-hydrogen) atoms. The number of anilines is 2. The predicted octanol–water partition coefficient (Wildman–Crippen LogP) is 5.66. The van der Waals surface area contributed by atoms with E-state index < -0.39 is 0 Å². The summed E-state index contributed by atoms with van der Waals surface area (Å²) in [5.41, 5.74) is 3.71. The van der Waals surface area contributed by atoms with Gasteiger partial charge in [-0.05, 0) is 45.8 Å². The Balaban J connectivity index is 2.12. The summed E-state index contributed by atoms with van der Waals surface area (Å²) in [5.74, 6) is 0. The standard InChI is InChI=1S/C18H21BrCl2N4/c1-24(2)11-23-18-15(20)8-13(9-16(18)21)22-10-12-5-6-17(25(3)4)14(19)7-12/h5-9,11,22H,10H2,1-4H3/b23-11-. The molecule has 1 N–H and O–H groups in total. The molecule has 0 saturated heterocycles. The van der Waals surface area contributed by atoms with Crippen molar-refractivity contribution in [3.63, 3.8) is 0 Å². The highest BCUT2D eigenvalue weighted by Gasteiger charge is 2.08. The molecule has 0 saturated carbocycles. The molecule has 0 radical (unpaired) electrons. The number of nitrogens with zero attached hydrogens (tertiary/aromatic N) is 3. The van der Waals surface area contributed by atoms with Crippen molar-refractivity contribution in [2.45, 2.75) is 6.54 Å². The summed E-state index contributed by atoms with van der Waals surface area (Å²) >= 11 is 16.2. The first-order chi connectivity index (χ1) is 11.8. The molecular formula is C18H21BrCl2N4. The molecule has 2 aromatic carbocycles. The van der Waals surface area contributed by atoms with E-state index in [1.165, 1.54) is 0 Å². The molecule has 134 valence electrons. The first-order valence-corrected chi connectivity index (χ1v) is 9.22. The van der Waals surface area contributed by atoms with Gasteiger partial charge in [0.1, 0.15) is 5.69 Å². The summed E-state index contributed by atoms with van der Waals surface area (Å²) in [6, 6.07) is 9.94. The molecule has 0 heterocycles. The second-order valence-corrected chi connectivity index (χ2v) is 7.70. The van der Waals surface area contributed by atoms with Gasteiger partial charge in [-0.25, -0.2) is 4.99 Å². The van der Waals surface area contributed by atoms with E-state index in [1.807, 2.05) is 45.2 Å². The zero-order valence-electron chi connectivity index (χ0n) is 14.6. The van der Waals surface area contributed by atoms with Crippen molar-refractivity contribution in [2.24, 2.45) is 4.99 Å². The second-order valence-electron chi connectivity index (χ2n) is 6.03. The normalized spacial score (nSPS) is 11.0. The smallest absolute Gasteiger partial charge is 0.102 e. The number of hydrogen-bond acceptors (Lipinski definition) is 3. The fourth-order valence-electron chi connectivity index (χ4n) is 2.19. The highest BCUT2D eigenvalue weighted by atomic mass is 79.9. The van der Waals surface area contributed by atoms with Crippen LogP contribution in [0.15, 0.2) is 39.8 Å². The fraction of sp³-hybridized carbons (Fsp3) is 0.278. The van der Waals surface area contributed by atoms with E-state index in [4.69, 9.17) is 23.2 Å². The lowest BCUT2D eigenvalue weighted by Crippen LogP contribution is -2.09. The number of nitrogens with one attached hydrogen (secondary N) is 1. The van der Waals surface area contributed by atoms with E-state index >= 15 is 0 Å². The van der Waals surface area contributed by atoms with Gasteiger partial charge >= 0.3 is 0 Å². The summed E-state index contributed by atoms with van der Waals surface area (Å²) in [6.07, 6.45) is 1.67. The van der Waals surface area contributed by atoms with E-state index in [0.717, 1.165) is 21.4 Å². The van der Waals surface area contributed by atoms with Crippen LogP contribution in [-0.2, 0) is 6.54 Å². The van der Waals surface area contributed by atoms with Crippen LogP contribution in [0.25, 0.3) is 0 Å². The molecule has 0 aliphatic rings. The lowest BCUT2D eigenvalue weighted by Gasteiger charge is -2.16. The maximum absolute atomic E-state index is 6.31. The Morgan fingerprint density at radius 3 is 2.24 bits per heavy atom. The van der Waals surface area contributed by atoms with Crippen molar-refractivity contribution < 1.29 is 0 Å². The van der Waals surface area contributed by atoms with Gasteiger partial charge < -0.3 is 15.1 Å². The average molecular weight is 444 g/mol. The first-order valence-electron chi connectivity index (χ1n) is 7.67. The van der Waals surface area contributed by atoms with Crippen molar-refractivity contribution in [1.29, 1.82) is 0 Å². The summed E-state index contributed by atoms with van der Waals surface area (Å²) in [5, 5.41) is 4.37. The molecule has 2 rings (SSSR count). The fourth-order valence-corrected chi connectivity index (χ4v) is 3.56. The number of halogens is 3. The molecule has 0 fully saturated rings. The molecule has 0 bridgehead atoms. The van der Waals surface area contributed by atoms with E-state index in [-0.39, 0.29) is 0 Å². The highest BCUT2D eigenvalue weighted by Crippen LogP contribution is 2.36. The van der Waals surface area contributed by atoms with Gasteiger partial charge in [-0.3, -0.25) is 0 Å². The highest BCUT2D eigenvalue weighted by molar-refractivity contribution is 9.10. The zero-order valence-corrected chi connectivity index (χ0v) is 17.7. The van der Waals surface area contributed by atoms with Crippen molar-refractivity contribution in [3.8, 4) is 0 Å². The third-order valence-electron chi connectivity index (χ3n) is 3.43. The summed E-state index contributed by atoms with van der Waals surface area (Å²) in [6.45, 7) is 0.666. The van der Waals surface area contributed by atoms with Gasteiger partial charge in [-0.1, -0.05) is 29.3 Å². The van der Waals surface area contributed by atoms with E-state index in [9.17, 15) is 0 Å². The molecular weight excluding hydrogens is 423 g/mol. The van der Waals surface area contributed by atoms with Gasteiger partial charge in [0, 0.05) is 44.9 Å². The average Bonchev–Trinajstić information content (AvgIpc) is 2.51. The summed E-state index contributed by atoms with van der Waals surface area (Å²) in [4.78, 5) is 8.19. The molecule has 0 aliphatic carbocycles. The molecule has 4 nitrogen and oxygen atoms in total. The van der Waals surface area contributed by atoms with Crippen LogP contribution in [-0.4, -0.2) is 39.4 Å². The number of rotatable bonds is 6. The van der Waals surface area contributed by atoms with Crippen LogP contribution in [0.2, 0.25) is 10.0 Å². The van der Waals surface area contributed by atoms with E-state index in [0.29, 0.717) is 22.3 Å². The van der Waals surface area contributed by atoms with Gasteiger partial charge in [-0.2, -0.15) is 0 Å². The minimum Gasteiger partial charge on any atom is -0.381 e. The van der Waals surface area contributed by atoms with Crippen molar-refractivity contribution in [3.05, 3.63) is 50.4 Å². The van der Waals surface area contributed by atoms with Crippen LogP contribution in [0.4, 0.5) is 17.1 Å². The largest absolute Gasteiger partial charge is 0.381 e. The van der Waals surface area contributed by atoms with Gasteiger partial charge in [0.2, 0.25) is 0 Å². The van der Waals surface area contributed by atoms with E-state index in [1.54, 1.807) is 6.34 Å². The Morgan fingerprint density at radius 2 is 1.72 bits per heavy atom. The maximum atomic E-state index is 6.31. The van der Waals surface area contributed by atoms with Crippen LogP contribution < -0.4 is 10.2 Å².